The largest absolute Gasteiger partial charge is 0.457 e. The normalized spacial score (nSPS) is 15.8. The molecule has 1 aliphatic heterocycles. The number of nitrogens with zero attached hydrogens (tertiary/aromatic N) is 2. The van der Waals surface area contributed by atoms with Gasteiger partial charge in [-0.3, -0.25) is 4.90 Å². The minimum Gasteiger partial charge on any atom is -0.457 e. The summed E-state index contributed by atoms with van der Waals surface area (Å²) in [6, 6.07) is 37.0. The van der Waals surface area contributed by atoms with Crippen molar-refractivity contribution in [1.82, 2.24) is 15.1 Å². The van der Waals surface area contributed by atoms with Crippen LogP contribution in [-0.4, -0.2) is 35.5 Å². The predicted molar refractivity (Wildman–Crippen MR) is 148 cm³/mol. The number of ether oxygens (including phenoxy) is 1. The van der Waals surface area contributed by atoms with Crippen molar-refractivity contribution in [2.45, 2.75) is 26.1 Å². The second-order valence-electron chi connectivity index (χ2n) is 9.55. The van der Waals surface area contributed by atoms with Crippen LogP contribution < -0.4 is 10.1 Å². The molecule has 1 heterocycles. The lowest BCUT2D eigenvalue weighted by Gasteiger charge is -2.41. The number of para-hydroxylation sites is 1. The maximum atomic E-state index is 13.1. The van der Waals surface area contributed by atoms with Crippen LogP contribution in [0.25, 0.3) is 0 Å². The predicted octanol–water partition coefficient (Wildman–Crippen LogP) is 6.56. The number of aryl methyl sites for hydroxylation is 1. The fourth-order valence-corrected chi connectivity index (χ4v) is 4.75. The molecule has 5 rings (SSSR count). The van der Waals surface area contributed by atoms with Crippen LogP contribution in [0.2, 0.25) is 0 Å². The van der Waals surface area contributed by atoms with Crippen LogP contribution in [0.4, 0.5) is 4.79 Å². The van der Waals surface area contributed by atoms with Crippen LogP contribution in [0.1, 0.15) is 28.3 Å². The highest BCUT2D eigenvalue weighted by molar-refractivity contribution is 5.74. The first-order valence-corrected chi connectivity index (χ1v) is 12.8. The number of amides is 2. The molecule has 0 aliphatic carbocycles. The third kappa shape index (κ3) is 6.57. The number of rotatable bonds is 7. The molecule has 0 aromatic heterocycles. The molecule has 0 saturated carbocycles. The number of hydrogen-bond donors (Lipinski definition) is 1. The maximum absolute atomic E-state index is 13.1. The second kappa shape index (κ2) is 11.8. The Morgan fingerprint density at radius 1 is 0.811 bits per heavy atom. The molecule has 1 atom stereocenters. The Hall–Kier alpha value is -4.09. The van der Waals surface area contributed by atoms with E-state index in [-0.39, 0.29) is 12.1 Å². The van der Waals surface area contributed by atoms with Crippen molar-refractivity contribution >= 4 is 6.03 Å². The van der Waals surface area contributed by atoms with Crippen LogP contribution in [0.3, 0.4) is 0 Å². The summed E-state index contributed by atoms with van der Waals surface area (Å²) in [5.74, 6) is 1.65. The lowest BCUT2D eigenvalue weighted by molar-refractivity contribution is 0.0834. The van der Waals surface area contributed by atoms with E-state index in [1.807, 2.05) is 53.4 Å². The van der Waals surface area contributed by atoms with Gasteiger partial charge in [-0.05, 0) is 47.9 Å². The van der Waals surface area contributed by atoms with Gasteiger partial charge in [0.05, 0.1) is 6.04 Å². The first-order chi connectivity index (χ1) is 18.1. The molecule has 1 aliphatic rings. The molecular formula is C32H33N3O2. The maximum Gasteiger partial charge on any atom is 0.317 e. The third-order valence-electron chi connectivity index (χ3n) is 6.79. The van der Waals surface area contributed by atoms with Crippen molar-refractivity contribution in [3.8, 4) is 11.5 Å². The van der Waals surface area contributed by atoms with Gasteiger partial charge in [0.2, 0.25) is 0 Å². The Bertz CT molecular complexity index is 1290. The van der Waals surface area contributed by atoms with Crippen LogP contribution in [0, 0.1) is 6.92 Å². The quantitative estimate of drug-likeness (QED) is 0.319. The topological polar surface area (TPSA) is 44.8 Å². The molecule has 1 unspecified atom stereocenters. The summed E-state index contributed by atoms with van der Waals surface area (Å²) < 4.78 is 6.06. The number of carbonyl (C=O) groups is 1. The van der Waals surface area contributed by atoms with Gasteiger partial charge < -0.3 is 15.0 Å². The average molecular weight is 492 g/mol. The summed E-state index contributed by atoms with van der Waals surface area (Å²) in [6.45, 7) is 5.50. The highest BCUT2D eigenvalue weighted by Gasteiger charge is 2.30. The molecule has 5 nitrogen and oxygen atoms in total. The number of nitrogens with one attached hydrogen (secondary N) is 1. The lowest BCUT2D eigenvalue weighted by Crippen LogP contribution is -2.52. The van der Waals surface area contributed by atoms with Gasteiger partial charge in [0.15, 0.2) is 0 Å². The van der Waals surface area contributed by atoms with Crippen molar-refractivity contribution < 1.29 is 9.53 Å². The number of urea groups is 1. The van der Waals surface area contributed by atoms with Gasteiger partial charge in [-0.25, -0.2) is 4.79 Å². The fraction of sp³-hybridized carbons (Fsp3) is 0.219. The number of benzene rings is 4. The van der Waals surface area contributed by atoms with E-state index in [0.717, 1.165) is 30.2 Å². The SMILES string of the molecule is Cc1ccc(CNC(=O)N2CCN(Cc3cccc(Oc4ccccc4)c3)C(c3ccccc3)C2)cc1. The monoisotopic (exact) mass is 491 g/mol. The zero-order chi connectivity index (χ0) is 25.5. The lowest BCUT2D eigenvalue weighted by atomic mass is 10.0. The minimum absolute atomic E-state index is 0.0144. The Labute approximate surface area is 219 Å². The summed E-state index contributed by atoms with van der Waals surface area (Å²) in [4.78, 5) is 17.5. The van der Waals surface area contributed by atoms with Gasteiger partial charge in [-0.15, -0.1) is 0 Å². The van der Waals surface area contributed by atoms with Gasteiger partial charge in [0, 0.05) is 32.7 Å². The summed E-state index contributed by atoms with van der Waals surface area (Å²) in [6.07, 6.45) is 0. The summed E-state index contributed by atoms with van der Waals surface area (Å²) >= 11 is 0. The number of piperazine rings is 1. The van der Waals surface area contributed by atoms with Gasteiger partial charge in [0.25, 0.3) is 0 Å². The molecule has 188 valence electrons. The Balaban J connectivity index is 1.27. The molecule has 4 aromatic rings. The van der Waals surface area contributed by atoms with Crippen LogP contribution in [0.5, 0.6) is 11.5 Å². The second-order valence-corrected chi connectivity index (χ2v) is 9.55. The van der Waals surface area contributed by atoms with Crippen molar-refractivity contribution in [1.29, 1.82) is 0 Å². The van der Waals surface area contributed by atoms with E-state index in [2.05, 4.69) is 77.8 Å². The zero-order valence-electron chi connectivity index (χ0n) is 21.2. The van der Waals surface area contributed by atoms with Gasteiger partial charge >= 0.3 is 6.03 Å². The van der Waals surface area contributed by atoms with Crippen molar-refractivity contribution in [2.24, 2.45) is 0 Å². The van der Waals surface area contributed by atoms with E-state index in [0.29, 0.717) is 19.6 Å². The molecular weight excluding hydrogens is 458 g/mol. The van der Waals surface area contributed by atoms with Crippen LogP contribution in [0.15, 0.2) is 109 Å². The molecule has 1 saturated heterocycles. The van der Waals surface area contributed by atoms with E-state index in [1.54, 1.807) is 0 Å². The van der Waals surface area contributed by atoms with Gasteiger partial charge in [-0.1, -0.05) is 90.5 Å². The Kier molecular flexibility index (Phi) is 7.82. The van der Waals surface area contributed by atoms with E-state index in [4.69, 9.17) is 4.74 Å². The summed E-state index contributed by atoms with van der Waals surface area (Å²) in [5.41, 5.74) is 4.73. The molecule has 37 heavy (non-hydrogen) atoms. The molecule has 2 amide bonds. The van der Waals surface area contributed by atoms with Crippen LogP contribution in [-0.2, 0) is 13.1 Å². The van der Waals surface area contributed by atoms with Gasteiger partial charge in [-0.2, -0.15) is 0 Å². The first kappa shape index (κ1) is 24.6. The summed E-state index contributed by atoms with van der Waals surface area (Å²) in [5, 5.41) is 3.11. The molecule has 4 aromatic carbocycles. The highest BCUT2D eigenvalue weighted by atomic mass is 16.5. The molecule has 0 spiro atoms. The Morgan fingerprint density at radius 3 is 2.27 bits per heavy atom. The Morgan fingerprint density at radius 2 is 1.51 bits per heavy atom. The zero-order valence-corrected chi connectivity index (χ0v) is 21.2. The van der Waals surface area contributed by atoms with Crippen molar-refractivity contribution in [3.05, 3.63) is 131 Å². The highest BCUT2D eigenvalue weighted by Crippen LogP contribution is 2.29. The molecule has 5 heteroatoms. The molecule has 0 bridgehead atoms. The van der Waals surface area contributed by atoms with Crippen molar-refractivity contribution in [2.75, 3.05) is 19.6 Å². The number of carbonyl (C=O) groups excluding carboxylic acids is 1. The van der Waals surface area contributed by atoms with Crippen molar-refractivity contribution in [3.63, 3.8) is 0 Å². The molecule has 1 N–H and O–H groups in total. The van der Waals surface area contributed by atoms with E-state index in [1.165, 1.54) is 16.7 Å². The fourth-order valence-electron chi connectivity index (χ4n) is 4.75. The third-order valence-corrected chi connectivity index (χ3v) is 6.79. The standard InChI is InChI=1S/C32H33N3O2/c1-25-15-17-26(18-16-25)22-33-32(36)35-20-19-34(31(24-35)28-10-4-2-5-11-28)23-27-9-8-14-30(21-27)37-29-12-6-3-7-13-29/h2-18,21,31H,19-20,22-24H2,1H3,(H,33,36). The smallest absolute Gasteiger partial charge is 0.317 e. The van der Waals surface area contributed by atoms with Gasteiger partial charge in [0.1, 0.15) is 11.5 Å². The van der Waals surface area contributed by atoms with Crippen LogP contribution >= 0.6 is 0 Å². The number of hydrogen-bond acceptors (Lipinski definition) is 3. The van der Waals surface area contributed by atoms with E-state index < -0.39 is 0 Å². The first-order valence-electron chi connectivity index (χ1n) is 12.8. The minimum atomic E-state index is -0.0144. The molecule has 0 radical (unpaired) electrons. The van der Waals surface area contributed by atoms with E-state index >= 15 is 0 Å². The molecule has 1 fully saturated rings. The van der Waals surface area contributed by atoms with E-state index in [9.17, 15) is 4.79 Å². The average Bonchev–Trinajstić information content (AvgIpc) is 2.94. The summed E-state index contributed by atoms with van der Waals surface area (Å²) in [7, 11) is 0.